The minimum Gasteiger partial charge on any atom is -0.348 e. The van der Waals surface area contributed by atoms with E-state index in [2.05, 4.69) is 33.2 Å². The van der Waals surface area contributed by atoms with Crippen LogP contribution in [-0.2, 0) is 0 Å². The van der Waals surface area contributed by atoms with Crippen molar-refractivity contribution >= 4 is 21.8 Å². The van der Waals surface area contributed by atoms with Gasteiger partial charge in [0.15, 0.2) is 0 Å². The van der Waals surface area contributed by atoms with Crippen LogP contribution in [0, 0.1) is 5.92 Å². The minimum absolute atomic E-state index is 0.0787. The Bertz CT molecular complexity index is 404. The van der Waals surface area contributed by atoms with Crippen LogP contribution in [0.15, 0.2) is 22.8 Å². The molecule has 1 aromatic heterocycles. The summed E-state index contributed by atoms with van der Waals surface area (Å²) in [5.74, 6) is 0.748. The summed E-state index contributed by atoms with van der Waals surface area (Å²) in [5, 5.41) is 3.06. The van der Waals surface area contributed by atoms with Gasteiger partial charge in [0.25, 0.3) is 5.91 Å². The van der Waals surface area contributed by atoms with Gasteiger partial charge in [0.2, 0.25) is 0 Å². The summed E-state index contributed by atoms with van der Waals surface area (Å²) in [4.78, 5) is 16.1. The molecule has 1 atom stereocenters. The van der Waals surface area contributed by atoms with Gasteiger partial charge >= 0.3 is 0 Å². The molecule has 3 nitrogen and oxygen atoms in total. The molecule has 0 aromatic carbocycles. The summed E-state index contributed by atoms with van der Waals surface area (Å²) in [7, 11) is 0. The van der Waals surface area contributed by atoms with Crippen molar-refractivity contribution in [2.45, 2.75) is 38.6 Å². The molecular formula is C13H17BrN2O. The molecule has 1 amide bonds. The molecule has 1 heterocycles. The number of nitrogens with one attached hydrogen (secondary N) is 1. The molecule has 1 aliphatic rings. The van der Waals surface area contributed by atoms with Gasteiger partial charge in [-0.05, 0) is 46.8 Å². The molecule has 1 unspecified atom stereocenters. The number of aromatic nitrogens is 1. The summed E-state index contributed by atoms with van der Waals surface area (Å²) in [5.41, 5.74) is 0.474. The topological polar surface area (TPSA) is 42.0 Å². The van der Waals surface area contributed by atoms with E-state index in [0.29, 0.717) is 5.69 Å². The lowest BCUT2D eigenvalue weighted by molar-refractivity contribution is 0.0927. The van der Waals surface area contributed by atoms with E-state index >= 15 is 0 Å². The summed E-state index contributed by atoms with van der Waals surface area (Å²) in [6.45, 7) is 2.11. The fraction of sp³-hybridized carbons (Fsp3) is 0.538. The molecule has 0 aliphatic heterocycles. The molecule has 4 heteroatoms. The van der Waals surface area contributed by atoms with Crippen molar-refractivity contribution in [1.82, 2.24) is 10.3 Å². The van der Waals surface area contributed by atoms with Gasteiger partial charge in [-0.15, -0.1) is 0 Å². The first-order valence-corrected chi connectivity index (χ1v) is 6.91. The van der Waals surface area contributed by atoms with Crippen molar-refractivity contribution in [3.05, 3.63) is 28.5 Å². The van der Waals surface area contributed by atoms with Gasteiger partial charge < -0.3 is 5.32 Å². The zero-order valence-corrected chi connectivity index (χ0v) is 11.5. The van der Waals surface area contributed by atoms with Gasteiger partial charge in [0, 0.05) is 16.7 Å². The third-order valence-electron chi connectivity index (χ3n) is 3.12. The van der Waals surface area contributed by atoms with E-state index in [1.807, 2.05) is 12.1 Å². The second kappa shape index (κ2) is 5.63. The Hall–Kier alpha value is -0.900. The molecule has 0 bridgehead atoms. The SMILES string of the molecule is CCC(CC1CC1)NC(=O)c1ncccc1Br. The normalized spacial score (nSPS) is 16.6. The highest BCUT2D eigenvalue weighted by Gasteiger charge is 2.26. The van der Waals surface area contributed by atoms with E-state index < -0.39 is 0 Å². The Morgan fingerprint density at radius 3 is 3.00 bits per heavy atom. The van der Waals surface area contributed by atoms with Crippen molar-refractivity contribution in [3.63, 3.8) is 0 Å². The first-order valence-electron chi connectivity index (χ1n) is 6.12. The first kappa shape index (κ1) is 12.6. The Labute approximate surface area is 110 Å². The number of rotatable bonds is 5. The van der Waals surface area contributed by atoms with E-state index in [1.165, 1.54) is 12.8 Å². The molecule has 0 radical (unpaired) electrons. The second-order valence-corrected chi connectivity index (χ2v) is 5.45. The Balaban J connectivity index is 1.97. The number of halogens is 1. The molecule has 1 saturated carbocycles. The van der Waals surface area contributed by atoms with Crippen LogP contribution >= 0.6 is 15.9 Å². The zero-order valence-electron chi connectivity index (χ0n) is 9.95. The summed E-state index contributed by atoms with van der Waals surface area (Å²) in [6.07, 6.45) is 6.36. The molecule has 17 heavy (non-hydrogen) atoms. The first-order chi connectivity index (χ1) is 8.20. The fourth-order valence-electron chi connectivity index (χ4n) is 1.89. The lowest BCUT2D eigenvalue weighted by Gasteiger charge is -2.16. The molecule has 1 aliphatic carbocycles. The molecule has 1 fully saturated rings. The van der Waals surface area contributed by atoms with Crippen LogP contribution in [0.4, 0.5) is 0 Å². The highest BCUT2D eigenvalue weighted by Crippen LogP contribution is 2.34. The number of pyridine rings is 1. The van der Waals surface area contributed by atoms with E-state index in [9.17, 15) is 4.79 Å². The van der Waals surface area contributed by atoms with Crippen LogP contribution in [-0.4, -0.2) is 16.9 Å². The van der Waals surface area contributed by atoms with E-state index in [4.69, 9.17) is 0 Å². The number of nitrogens with zero attached hydrogens (tertiary/aromatic N) is 1. The Morgan fingerprint density at radius 1 is 1.65 bits per heavy atom. The van der Waals surface area contributed by atoms with E-state index in [-0.39, 0.29) is 11.9 Å². The van der Waals surface area contributed by atoms with Gasteiger partial charge in [0.1, 0.15) is 5.69 Å². The minimum atomic E-state index is -0.0787. The number of carbonyl (C=O) groups is 1. The predicted molar refractivity (Wildman–Crippen MR) is 70.8 cm³/mol. The highest BCUT2D eigenvalue weighted by molar-refractivity contribution is 9.10. The maximum Gasteiger partial charge on any atom is 0.271 e. The monoisotopic (exact) mass is 296 g/mol. The summed E-state index contributed by atoms with van der Waals surface area (Å²) >= 11 is 3.35. The van der Waals surface area contributed by atoms with Crippen molar-refractivity contribution in [1.29, 1.82) is 0 Å². The fourth-order valence-corrected chi connectivity index (χ4v) is 2.33. The average Bonchev–Trinajstić information content (AvgIpc) is 3.12. The average molecular weight is 297 g/mol. The second-order valence-electron chi connectivity index (χ2n) is 4.59. The lowest BCUT2D eigenvalue weighted by atomic mass is 10.1. The molecule has 0 spiro atoms. The molecular weight excluding hydrogens is 280 g/mol. The molecule has 2 rings (SSSR count). The van der Waals surface area contributed by atoms with Crippen LogP contribution in [0.3, 0.4) is 0 Å². The van der Waals surface area contributed by atoms with Gasteiger partial charge in [0.05, 0.1) is 0 Å². The Morgan fingerprint density at radius 2 is 2.41 bits per heavy atom. The predicted octanol–water partition coefficient (Wildman–Crippen LogP) is 3.15. The summed E-state index contributed by atoms with van der Waals surface area (Å²) < 4.78 is 0.749. The Kier molecular flexibility index (Phi) is 4.15. The highest BCUT2D eigenvalue weighted by atomic mass is 79.9. The van der Waals surface area contributed by atoms with Gasteiger partial charge in [-0.1, -0.05) is 19.8 Å². The van der Waals surface area contributed by atoms with E-state index in [0.717, 1.165) is 23.2 Å². The largest absolute Gasteiger partial charge is 0.348 e. The number of hydrogen-bond donors (Lipinski definition) is 1. The van der Waals surface area contributed by atoms with Crippen LogP contribution in [0.5, 0.6) is 0 Å². The standard InChI is InChI=1S/C13H17BrN2O/c1-2-10(8-9-5-6-9)16-13(17)12-11(14)4-3-7-15-12/h3-4,7,9-10H,2,5-6,8H2,1H3,(H,16,17). The van der Waals surface area contributed by atoms with Crippen LogP contribution in [0.2, 0.25) is 0 Å². The quantitative estimate of drug-likeness (QED) is 0.907. The van der Waals surface area contributed by atoms with Gasteiger partial charge in [-0.3, -0.25) is 4.79 Å². The molecule has 1 N–H and O–H groups in total. The lowest BCUT2D eigenvalue weighted by Crippen LogP contribution is -2.35. The van der Waals surface area contributed by atoms with Crippen molar-refractivity contribution in [2.24, 2.45) is 5.92 Å². The van der Waals surface area contributed by atoms with Crippen molar-refractivity contribution in [3.8, 4) is 0 Å². The van der Waals surface area contributed by atoms with Crippen LogP contribution in [0.25, 0.3) is 0 Å². The number of amides is 1. The van der Waals surface area contributed by atoms with Gasteiger partial charge in [-0.25, -0.2) is 4.98 Å². The zero-order chi connectivity index (χ0) is 12.3. The third kappa shape index (κ3) is 3.53. The summed E-state index contributed by atoms with van der Waals surface area (Å²) in [6, 6.07) is 3.93. The number of hydrogen-bond acceptors (Lipinski definition) is 2. The van der Waals surface area contributed by atoms with Crippen LogP contribution in [0.1, 0.15) is 43.1 Å². The molecule has 0 saturated heterocycles. The maximum atomic E-state index is 12.0. The molecule has 1 aromatic rings. The smallest absolute Gasteiger partial charge is 0.271 e. The molecule has 92 valence electrons. The van der Waals surface area contributed by atoms with Crippen LogP contribution < -0.4 is 5.32 Å². The van der Waals surface area contributed by atoms with Crippen molar-refractivity contribution in [2.75, 3.05) is 0 Å². The van der Waals surface area contributed by atoms with Crippen molar-refractivity contribution < 1.29 is 4.79 Å². The maximum absolute atomic E-state index is 12.0. The van der Waals surface area contributed by atoms with E-state index in [1.54, 1.807) is 6.20 Å². The number of carbonyl (C=O) groups excluding carboxylic acids is 1. The van der Waals surface area contributed by atoms with Gasteiger partial charge in [-0.2, -0.15) is 0 Å². The third-order valence-corrected chi connectivity index (χ3v) is 3.76.